The van der Waals surface area contributed by atoms with Crippen LogP contribution in [-0.2, 0) is 0 Å². The number of rotatable bonds is 5. The zero-order valence-corrected chi connectivity index (χ0v) is 11.3. The van der Waals surface area contributed by atoms with Crippen molar-refractivity contribution in [2.75, 3.05) is 14.2 Å². The van der Waals surface area contributed by atoms with E-state index in [1.165, 1.54) is 20.4 Å². The highest BCUT2D eigenvalue weighted by molar-refractivity contribution is 7.80. The Morgan fingerprint density at radius 3 is 2.26 bits per heavy atom. The van der Waals surface area contributed by atoms with Crippen molar-refractivity contribution in [2.24, 2.45) is 10.8 Å². The number of benzene rings is 1. The third-order valence-corrected chi connectivity index (χ3v) is 2.30. The molecule has 0 amide bonds. The normalized spacial score (nSPS) is 10.3. The van der Waals surface area contributed by atoms with Gasteiger partial charge in [0.2, 0.25) is 0 Å². The monoisotopic (exact) mass is 283 g/mol. The maximum atomic E-state index is 9.30. The molecule has 1 aromatic rings. The van der Waals surface area contributed by atoms with Crippen molar-refractivity contribution in [3.05, 3.63) is 17.7 Å². The molecule has 1 rings (SSSR count). The fraction of sp³-hybridized carbons (Fsp3) is 0.200. The maximum Gasteiger partial charge on any atom is 0.496 e. The van der Waals surface area contributed by atoms with Gasteiger partial charge >= 0.3 is 7.12 Å². The summed E-state index contributed by atoms with van der Waals surface area (Å²) in [6.07, 6.45) is 1.44. The van der Waals surface area contributed by atoms with E-state index in [1.54, 1.807) is 12.1 Å². The van der Waals surface area contributed by atoms with E-state index in [0.29, 0.717) is 5.56 Å². The predicted octanol–water partition coefficient (Wildman–Crippen LogP) is -1.45. The van der Waals surface area contributed by atoms with Crippen LogP contribution >= 0.6 is 12.2 Å². The highest BCUT2D eigenvalue weighted by atomic mass is 32.1. The van der Waals surface area contributed by atoms with Gasteiger partial charge in [0.05, 0.1) is 25.9 Å². The Balaban J connectivity index is 3.16. The SMILES string of the molecule is COc1cc(C=NNC(N)=S)cc(OC)c1B(O)O. The summed E-state index contributed by atoms with van der Waals surface area (Å²) in [5, 5.41) is 22.4. The van der Waals surface area contributed by atoms with Gasteiger partial charge in [0, 0.05) is 5.56 Å². The van der Waals surface area contributed by atoms with Crippen molar-refractivity contribution in [3.63, 3.8) is 0 Å². The standard InChI is InChI=1S/C10H14BN3O4S/c1-17-7-3-6(5-13-14-10(12)19)4-8(18-2)9(7)11(15)16/h3-5,15-16H,1-2H3,(H3,12,14,19). The van der Waals surface area contributed by atoms with Crippen LogP contribution in [0, 0.1) is 0 Å². The molecule has 102 valence electrons. The van der Waals surface area contributed by atoms with E-state index >= 15 is 0 Å². The molecule has 0 aromatic heterocycles. The predicted molar refractivity (Wildman–Crippen MR) is 76.9 cm³/mol. The number of thiocarbonyl (C=S) groups is 1. The second kappa shape index (κ2) is 6.93. The number of methoxy groups -OCH3 is 2. The van der Waals surface area contributed by atoms with Crippen LogP contribution in [0.15, 0.2) is 17.2 Å². The van der Waals surface area contributed by atoms with Gasteiger partial charge in [0.25, 0.3) is 0 Å². The molecular formula is C10H14BN3O4S. The zero-order chi connectivity index (χ0) is 14.4. The van der Waals surface area contributed by atoms with Crippen LogP contribution in [0.1, 0.15) is 5.56 Å². The maximum absolute atomic E-state index is 9.30. The Bertz CT molecular complexity index is 471. The van der Waals surface area contributed by atoms with E-state index in [9.17, 15) is 10.0 Å². The first-order valence-corrected chi connectivity index (χ1v) is 5.61. The number of hydrazone groups is 1. The molecule has 0 spiro atoms. The lowest BCUT2D eigenvalue weighted by molar-refractivity contribution is 0.385. The van der Waals surface area contributed by atoms with Crippen LogP contribution < -0.4 is 26.1 Å². The molecule has 5 N–H and O–H groups in total. The molecule has 0 atom stereocenters. The molecule has 9 heteroatoms. The summed E-state index contributed by atoms with van der Waals surface area (Å²) in [5.74, 6) is 0.539. The first-order chi connectivity index (χ1) is 8.99. The average molecular weight is 283 g/mol. The van der Waals surface area contributed by atoms with Crippen molar-refractivity contribution in [2.45, 2.75) is 0 Å². The lowest BCUT2D eigenvalue weighted by atomic mass is 9.78. The van der Waals surface area contributed by atoms with Crippen molar-refractivity contribution < 1.29 is 19.5 Å². The molecule has 0 aliphatic heterocycles. The van der Waals surface area contributed by atoms with E-state index in [-0.39, 0.29) is 22.1 Å². The summed E-state index contributed by atoms with van der Waals surface area (Å²) in [6.45, 7) is 0. The highest BCUT2D eigenvalue weighted by Crippen LogP contribution is 2.19. The summed E-state index contributed by atoms with van der Waals surface area (Å²) in [7, 11) is 1.12. The Morgan fingerprint density at radius 1 is 1.37 bits per heavy atom. The molecule has 0 aliphatic carbocycles. The Labute approximate surface area is 116 Å². The molecule has 0 fully saturated rings. The quantitative estimate of drug-likeness (QED) is 0.226. The Morgan fingerprint density at radius 2 is 1.89 bits per heavy atom. The van der Waals surface area contributed by atoms with Gasteiger partial charge in [-0.3, -0.25) is 5.43 Å². The topological polar surface area (TPSA) is 109 Å². The first kappa shape index (κ1) is 15.2. The number of nitrogens with one attached hydrogen (secondary N) is 1. The summed E-state index contributed by atoms with van der Waals surface area (Å²) in [6, 6.07) is 3.14. The Kier molecular flexibility index (Phi) is 5.55. The van der Waals surface area contributed by atoms with Crippen molar-refractivity contribution in [1.29, 1.82) is 0 Å². The van der Waals surface area contributed by atoms with Crippen molar-refractivity contribution >= 4 is 36.1 Å². The molecule has 19 heavy (non-hydrogen) atoms. The summed E-state index contributed by atoms with van der Waals surface area (Å²) >= 11 is 4.60. The third-order valence-electron chi connectivity index (χ3n) is 2.21. The minimum absolute atomic E-state index is 0.0394. The number of nitrogens with zero attached hydrogens (tertiary/aromatic N) is 1. The summed E-state index contributed by atoms with van der Waals surface area (Å²) in [5.41, 5.74) is 8.38. The van der Waals surface area contributed by atoms with E-state index in [4.69, 9.17) is 15.2 Å². The van der Waals surface area contributed by atoms with Crippen LogP contribution in [0.25, 0.3) is 0 Å². The molecule has 0 heterocycles. The molecular weight excluding hydrogens is 269 g/mol. The molecule has 0 bridgehead atoms. The van der Waals surface area contributed by atoms with E-state index in [2.05, 4.69) is 22.7 Å². The summed E-state index contributed by atoms with van der Waals surface area (Å²) in [4.78, 5) is 0. The van der Waals surface area contributed by atoms with Crippen LogP contribution in [-0.4, -0.2) is 42.7 Å². The van der Waals surface area contributed by atoms with Crippen LogP contribution in [0.2, 0.25) is 0 Å². The zero-order valence-electron chi connectivity index (χ0n) is 10.5. The lowest BCUT2D eigenvalue weighted by Crippen LogP contribution is -2.32. The number of nitrogens with two attached hydrogens (primary N) is 1. The highest BCUT2D eigenvalue weighted by Gasteiger charge is 2.23. The van der Waals surface area contributed by atoms with Gasteiger partial charge in [-0.15, -0.1) is 0 Å². The van der Waals surface area contributed by atoms with E-state index in [0.717, 1.165) is 0 Å². The van der Waals surface area contributed by atoms with Crippen LogP contribution in [0.4, 0.5) is 0 Å². The van der Waals surface area contributed by atoms with Crippen LogP contribution in [0.3, 0.4) is 0 Å². The largest absolute Gasteiger partial charge is 0.497 e. The molecule has 0 aliphatic rings. The fourth-order valence-corrected chi connectivity index (χ4v) is 1.51. The molecule has 0 saturated carbocycles. The van der Waals surface area contributed by atoms with Crippen molar-refractivity contribution in [3.8, 4) is 11.5 Å². The molecule has 0 unspecified atom stereocenters. The second-order valence-corrected chi connectivity index (χ2v) is 3.89. The van der Waals surface area contributed by atoms with Gasteiger partial charge in [-0.2, -0.15) is 5.10 Å². The Hall–Kier alpha value is -1.84. The summed E-state index contributed by atoms with van der Waals surface area (Å²) < 4.78 is 10.2. The molecule has 0 radical (unpaired) electrons. The van der Waals surface area contributed by atoms with Gasteiger partial charge in [-0.05, 0) is 24.4 Å². The minimum atomic E-state index is -1.70. The number of hydrogen-bond donors (Lipinski definition) is 4. The third kappa shape index (κ3) is 4.09. The minimum Gasteiger partial charge on any atom is -0.497 e. The molecule has 1 aromatic carbocycles. The van der Waals surface area contributed by atoms with E-state index < -0.39 is 7.12 Å². The fourth-order valence-electron chi connectivity index (χ4n) is 1.46. The van der Waals surface area contributed by atoms with E-state index in [1.807, 2.05) is 0 Å². The van der Waals surface area contributed by atoms with Gasteiger partial charge < -0.3 is 25.3 Å². The van der Waals surface area contributed by atoms with Crippen molar-refractivity contribution in [1.82, 2.24) is 5.43 Å². The first-order valence-electron chi connectivity index (χ1n) is 5.20. The van der Waals surface area contributed by atoms with Gasteiger partial charge in [0.15, 0.2) is 5.11 Å². The smallest absolute Gasteiger partial charge is 0.496 e. The molecule has 0 saturated heterocycles. The average Bonchev–Trinajstić information content (AvgIpc) is 2.36. The van der Waals surface area contributed by atoms with Gasteiger partial charge in [0.1, 0.15) is 11.5 Å². The number of ether oxygens (including phenoxy) is 2. The molecule has 7 nitrogen and oxygen atoms in total. The van der Waals surface area contributed by atoms with Crippen LogP contribution in [0.5, 0.6) is 11.5 Å². The number of hydrogen-bond acceptors (Lipinski definition) is 6. The lowest BCUT2D eigenvalue weighted by Gasteiger charge is -2.13. The van der Waals surface area contributed by atoms with Gasteiger partial charge in [-0.25, -0.2) is 0 Å². The second-order valence-electron chi connectivity index (χ2n) is 3.45. The van der Waals surface area contributed by atoms with Gasteiger partial charge in [-0.1, -0.05) is 0 Å².